The molecular formula is C19H27N3O2. The van der Waals surface area contributed by atoms with Gasteiger partial charge in [-0.1, -0.05) is 19.3 Å². The summed E-state index contributed by atoms with van der Waals surface area (Å²) in [5, 5.41) is 0. The quantitative estimate of drug-likeness (QED) is 0.658. The molecule has 0 atom stereocenters. The lowest BCUT2D eigenvalue weighted by Crippen LogP contribution is -2.44. The highest BCUT2D eigenvalue weighted by Gasteiger charge is 2.26. The van der Waals surface area contributed by atoms with Gasteiger partial charge in [-0.25, -0.2) is 0 Å². The molecule has 0 spiro atoms. The van der Waals surface area contributed by atoms with Gasteiger partial charge in [0.2, 0.25) is 5.91 Å². The van der Waals surface area contributed by atoms with Crippen molar-refractivity contribution in [1.82, 2.24) is 15.4 Å². The van der Waals surface area contributed by atoms with E-state index in [2.05, 4.69) is 35.3 Å². The Bertz CT molecular complexity index is 650. The number of hydrogen-bond acceptors (Lipinski definition) is 2. The maximum atomic E-state index is 12.0. The van der Waals surface area contributed by atoms with Crippen LogP contribution in [-0.4, -0.2) is 16.4 Å². The number of amides is 2. The van der Waals surface area contributed by atoms with Crippen LogP contribution in [0.15, 0.2) is 12.1 Å². The van der Waals surface area contributed by atoms with E-state index in [-0.39, 0.29) is 17.7 Å². The number of nitrogens with one attached hydrogen (secondary N) is 2. The molecule has 2 amide bonds. The summed E-state index contributed by atoms with van der Waals surface area (Å²) in [5.41, 5.74) is 8.55. The van der Waals surface area contributed by atoms with Crippen molar-refractivity contribution in [2.45, 2.75) is 64.8 Å². The first-order valence-electron chi connectivity index (χ1n) is 9.02. The van der Waals surface area contributed by atoms with Gasteiger partial charge in [0.15, 0.2) is 0 Å². The summed E-state index contributed by atoms with van der Waals surface area (Å²) in [7, 11) is 0. The van der Waals surface area contributed by atoms with Gasteiger partial charge in [0, 0.05) is 29.4 Å². The maximum Gasteiger partial charge on any atom is 0.262 e. The number of aromatic nitrogens is 1. The molecule has 5 heteroatoms. The molecule has 2 aliphatic rings. The molecule has 130 valence electrons. The number of carbonyl (C=O) groups is 2. The molecule has 1 aromatic rings. The third-order valence-corrected chi connectivity index (χ3v) is 5.13. The first-order valence-corrected chi connectivity index (χ1v) is 9.02. The summed E-state index contributed by atoms with van der Waals surface area (Å²) in [6.07, 6.45) is 11.0. The van der Waals surface area contributed by atoms with Gasteiger partial charge in [-0.05, 0) is 57.2 Å². The van der Waals surface area contributed by atoms with E-state index in [0.29, 0.717) is 6.04 Å². The van der Waals surface area contributed by atoms with Crippen LogP contribution >= 0.6 is 0 Å². The first-order chi connectivity index (χ1) is 11.6. The minimum atomic E-state index is -0.296. The zero-order valence-corrected chi connectivity index (χ0v) is 14.6. The fourth-order valence-electron chi connectivity index (χ4n) is 3.66. The Labute approximate surface area is 143 Å². The van der Waals surface area contributed by atoms with Crippen molar-refractivity contribution < 1.29 is 9.59 Å². The standard InChI is InChI=1S/C19H27N3O2/c1-13-12-16(14(2)22(13)17-9-10-17)8-11-18(23)20-21-19(24)15-6-4-3-5-7-15/h8,11-12,15,17H,3-7,9-10H2,1-2H3,(H,20,23)(H,21,24)/b11-8+. The highest BCUT2D eigenvalue weighted by molar-refractivity contribution is 5.93. The highest BCUT2D eigenvalue weighted by atomic mass is 16.2. The van der Waals surface area contributed by atoms with Gasteiger partial charge >= 0.3 is 0 Å². The largest absolute Gasteiger partial charge is 0.346 e. The summed E-state index contributed by atoms with van der Waals surface area (Å²) in [6.45, 7) is 4.20. The number of aryl methyl sites for hydroxylation is 1. The van der Waals surface area contributed by atoms with E-state index in [0.717, 1.165) is 31.2 Å². The molecule has 24 heavy (non-hydrogen) atoms. The van der Waals surface area contributed by atoms with Gasteiger partial charge in [0.05, 0.1) is 0 Å². The summed E-state index contributed by atoms with van der Waals surface area (Å²) in [6, 6.07) is 2.74. The zero-order valence-electron chi connectivity index (χ0n) is 14.6. The van der Waals surface area contributed by atoms with Crippen molar-refractivity contribution in [3.63, 3.8) is 0 Å². The average Bonchev–Trinajstić information content (AvgIpc) is 3.37. The predicted molar refractivity (Wildman–Crippen MR) is 94.1 cm³/mol. The molecule has 0 unspecified atom stereocenters. The Hall–Kier alpha value is -2.04. The second-order valence-corrected chi connectivity index (χ2v) is 7.07. The van der Waals surface area contributed by atoms with Gasteiger partial charge in [-0.3, -0.25) is 20.4 Å². The van der Waals surface area contributed by atoms with Crippen LogP contribution in [-0.2, 0) is 9.59 Å². The molecule has 1 aromatic heterocycles. The summed E-state index contributed by atoms with van der Waals surface area (Å²) in [5.74, 6) is -0.320. The van der Waals surface area contributed by atoms with E-state index in [1.807, 2.05) is 6.08 Å². The molecular weight excluding hydrogens is 302 g/mol. The van der Waals surface area contributed by atoms with E-state index < -0.39 is 0 Å². The van der Waals surface area contributed by atoms with Crippen LogP contribution in [0.4, 0.5) is 0 Å². The van der Waals surface area contributed by atoms with Crippen LogP contribution in [0.1, 0.15) is 67.9 Å². The second-order valence-electron chi connectivity index (χ2n) is 7.07. The zero-order chi connectivity index (χ0) is 17.1. The van der Waals surface area contributed by atoms with Crippen LogP contribution in [0, 0.1) is 19.8 Å². The normalized spacial score (nSPS) is 18.8. The third-order valence-electron chi connectivity index (χ3n) is 5.13. The molecule has 1 heterocycles. The van der Waals surface area contributed by atoms with Crippen molar-refractivity contribution in [3.05, 3.63) is 29.1 Å². The molecule has 3 rings (SSSR count). The topological polar surface area (TPSA) is 63.1 Å². The number of rotatable bonds is 4. The van der Waals surface area contributed by atoms with Crippen molar-refractivity contribution in [2.24, 2.45) is 5.92 Å². The second kappa shape index (κ2) is 7.24. The molecule has 0 aliphatic heterocycles. The minimum Gasteiger partial charge on any atom is -0.346 e. The number of nitrogens with zero attached hydrogens (tertiary/aromatic N) is 1. The third kappa shape index (κ3) is 3.89. The Balaban J connectivity index is 1.52. The van der Waals surface area contributed by atoms with E-state index in [1.165, 1.54) is 36.7 Å². The molecule has 0 bridgehead atoms. The fourth-order valence-corrected chi connectivity index (χ4v) is 3.66. The van der Waals surface area contributed by atoms with Crippen LogP contribution in [0.25, 0.3) is 6.08 Å². The molecule has 2 N–H and O–H groups in total. The van der Waals surface area contributed by atoms with Gasteiger partial charge in [-0.15, -0.1) is 0 Å². The van der Waals surface area contributed by atoms with Crippen molar-refractivity contribution in [1.29, 1.82) is 0 Å². The Morgan fingerprint density at radius 3 is 2.46 bits per heavy atom. The van der Waals surface area contributed by atoms with Crippen molar-refractivity contribution >= 4 is 17.9 Å². The predicted octanol–water partition coefficient (Wildman–Crippen LogP) is 3.18. The van der Waals surface area contributed by atoms with Gasteiger partial charge in [0.25, 0.3) is 5.91 Å². The molecule has 5 nitrogen and oxygen atoms in total. The fraction of sp³-hybridized carbons (Fsp3) is 0.579. The molecule has 0 saturated heterocycles. The SMILES string of the molecule is Cc1cc(/C=C/C(=O)NNC(=O)C2CCCCC2)c(C)n1C1CC1. The lowest BCUT2D eigenvalue weighted by atomic mass is 9.89. The summed E-state index contributed by atoms with van der Waals surface area (Å²) >= 11 is 0. The Kier molecular flexibility index (Phi) is 5.07. The number of hydrazine groups is 1. The van der Waals surface area contributed by atoms with Gasteiger partial charge in [-0.2, -0.15) is 0 Å². The summed E-state index contributed by atoms with van der Waals surface area (Å²) < 4.78 is 2.35. The number of carbonyl (C=O) groups excluding carboxylic acids is 2. The monoisotopic (exact) mass is 329 g/mol. The number of hydrogen-bond donors (Lipinski definition) is 2. The molecule has 0 radical (unpaired) electrons. The van der Waals surface area contributed by atoms with E-state index in [1.54, 1.807) is 0 Å². The molecule has 2 saturated carbocycles. The first kappa shape index (κ1) is 16.8. The maximum absolute atomic E-state index is 12.0. The molecule has 0 aromatic carbocycles. The van der Waals surface area contributed by atoms with Crippen LogP contribution in [0.2, 0.25) is 0 Å². The smallest absolute Gasteiger partial charge is 0.262 e. The average molecular weight is 329 g/mol. The Morgan fingerprint density at radius 2 is 1.79 bits per heavy atom. The minimum absolute atomic E-state index is 0.0421. The van der Waals surface area contributed by atoms with Crippen LogP contribution in [0.5, 0.6) is 0 Å². The van der Waals surface area contributed by atoms with Crippen LogP contribution < -0.4 is 10.9 Å². The lowest BCUT2D eigenvalue weighted by Gasteiger charge is -2.20. The Morgan fingerprint density at radius 1 is 1.08 bits per heavy atom. The van der Waals surface area contributed by atoms with Crippen molar-refractivity contribution in [2.75, 3.05) is 0 Å². The molecule has 2 fully saturated rings. The van der Waals surface area contributed by atoms with Crippen LogP contribution in [0.3, 0.4) is 0 Å². The van der Waals surface area contributed by atoms with Crippen molar-refractivity contribution in [3.8, 4) is 0 Å². The highest BCUT2D eigenvalue weighted by Crippen LogP contribution is 2.38. The van der Waals surface area contributed by atoms with E-state index in [9.17, 15) is 9.59 Å². The van der Waals surface area contributed by atoms with Gasteiger partial charge in [0.1, 0.15) is 0 Å². The van der Waals surface area contributed by atoms with Gasteiger partial charge < -0.3 is 4.57 Å². The van der Waals surface area contributed by atoms with E-state index >= 15 is 0 Å². The summed E-state index contributed by atoms with van der Waals surface area (Å²) in [4.78, 5) is 23.9. The molecule has 2 aliphatic carbocycles. The lowest BCUT2D eigenvalue weighted by molar-refractivity contribution is -0.130. The van der Waals surface area contributed by atoms with E-state index in [4.69, 9.17) is 0 Å².